The van der Waals surface area contributed by atoms with Gasteiger partial charge in [0, 0.05) is 12.4 Å². The van der Waals surface area contributed by atoms with E-state index in [1.807, 2.05) is 43.3 Å². The second kappa shape index (κ2) is 5.85. The lowest BCUT2D eigenvalue weighted by Crippen LogP contribution is -2.29. The highest BCUT2D eigenvalue weighted by molar-refractivity contribution is 6.33. The van der Waals surface area contributed by atoms with Gasteiger partial charge in [-0.3, -0.25) is 4.79 Å². The SMILES string of the molecule is CC(c1cc2ccccc2o1)N(C)C(=O)c1ccccc1Cl. The maximum Gasteiger partial charge on any atom is 0.255 e. The van der Waals surface area contributed by atoms with Crippen LogP contribution in [0.2, 0.25) is 5.02 Å². The van der Waals surface area contributed by atoms with Crippen molar-refractivity contribution in [2.45, 2.75) is 13.0 Å². The van der Waals surface area contributed by atoms with Crippen molar-refractivity contribution < 1.29 is 9.21 Å². The fourth-order valence-electron chi connectivity index (χ4n) is 2.40. The zero-order valence-electron chi connectivity index (χ0n) is 12.4. The Morgan fingerprint density at radius 3 is 2.55 bits per heavy atom. The molecule has 22 heavy (non-hydrogen) atoms. The average molecular weight is 314 g/mol. The van der Waals surface area contributed by atoms with Gasteiger partial charge in [0.05, 0.1) is 16.6 Å². The minimum absolute atomic E-state index is 0.126. The molecule has 112 valence electrons. The predicted octanol–water partition coefficient (Wildman–Crippen LogP) is 4.92. The van der Waals surface area contributed by atoms with Gasteiger partial charge in [-0.15, -0.1) is 0 Å². The van der Waals surface area contributed by atoms with Gasteiger partial charge in [-0.05, 0) is 31.2 Å². The molecular weight excluding hydrogens is 298 g/mol. The molecule has 3 nitrogen and oxygen atoms in total. The Kier molecular flexibility index (Phi) is 3.90. The smallest absolute Gasteiger partial charge is 0.255 e. The first-order valence-corrected chi connectivity index (χ1v) is 7.46. The molecule has 0 saturated heterocycles. The fraction of sp³-hybridized carbons (Fsp3) is 0.167. The summed E-state index contributed by atoms with van der Waals surface area (Å²) in [6, 6.07) is 16.6. The Balaban J connectivity index is 1.89. The van der Waals surface area contributed by atoms with E-state index in [4.69, 9.17) is 16.0 Å². The average Bonchev–Trinajstić information content (AvgIpc) is 2.97. The lowest BCUT2D eigenvalue weighted by molar-refractivity contribution is 0.0727. The topological polar surface area (TPSA) is 33.5 Å². The van der Waals surface area contributed by atoms with Crippen LogP contribution in [-0.2, 0) is 0 Å². The molecule has 1 amide bonds. The van der Waals surface area contributed by atoms with Crippen LogP contribution in [0.15, 0.2) is 59.0 Å². The third-order valence-electron chi connectivity index (χ3n) is 3.86. The molecule has 0 spiro atoms. The molecule has 0 radical (unpaired) electrons. The van der Waals surface area contributed by atoms with E-state index in [0.29, 0.717) is 10.6 Å². The molecular formula is C18H16ClNO2. The monoisotopic (exact) mass is 313 g/mol. The molecule has 0 aliphatic heterocycles. The summed E-state index contributed by atoms with van der Waals surface area (Å²) in [7, 11) is 1.75. The van der Waals surface area contributed by atoms with Gasteiger partial charge < -0.3 is 9.32 Å². The van der Waals surface area contributed by atoms with E-state index >= 15 is 0 Å². The third kappa shape index (κ3) is 2.60. The van der Waals surface area contributed by atoms with E-state index in [-0.39, 0.29) is 11.9 Å². The van der Waals surface area contributed by atoms with E-state index < -0.39 is 0 Å². The Labute approximate surface area is 134 Å². The molecule has 0 N–H and O–H groups in total. The van der Waals surface area contributed by atoms with Crippen LogP contribution in [0.4, 0.5) is 0 Å². The van der Waals surface area contributed by atoms with Crippen molar-refractivity contribution in [1.82, 2.24) is 4.90 Å². The quantitative estimate of drug-likeness (QED) is 0.687. The zero-order valence-corrected chi connectivity index (χ0v) is 13.2. The molecule has 1 atom stereocenters. The van der Waals surface area contributed by atoms with Gasteiger partial charge in [0.15, 0.2) is 0 Å². The van der Waals surface area contributed by atoms with E-state index in [1.54, 1.807) is 30.1 Å². The Morgan fingerprint density at radius 2 is 1.82 bits per heavy atom. The number of amides is 1. The van der Waals surface area contributed by atoms with Gasteiger partial charge >= 0.3 is 0 Å². The fourth-order valence-corrected chi connectivity index (χ4v) is 2.62. The van der Waals surface area contributed by atoms with Crippen LogP contribution in [0, 0.1) is 0 Å². The Hall–Kier alpha value is -2.26. The van der Waals surface area contributed by atoms with Gasteiger partial charge in [-0.2, -0.15) is 0 Å². The summed E-state index contributed by atoms with van der Waals surface area (Å²) in [5.41, 5.74) is 1.32. The predicted molar refractivity (Wildman–Crippen MR) is 88.2 cm³/mol. The molecule has 1 aromatic heterocycles. The lowest BCUT2D eigenvalue weighted by atomic mass is 10.1. The summed E-state index contributed by atoms with van der Waals surface area (Å²) in [6.45, 7) is 1.94. The van der Waals surface area contributed by atoms with Crippen LogP contribution in [0.3, 0.4) is 0 Å². The van der Waals surface area contributed by atoms with Crippen molar-refractivity contribution in [3.05, 3.63) is 70.9 Å². The number of fused-ring (bicyclic) bond motifs is 1. The first kappa shape index (κ1) is 14.7. The van der Waals surface area contributed by atoms with Gasteiger partial charge in [0.2, 0.25) is 0 Å². The van der Waals surface area contributed by atoms with E-state index in [2.05, 4.69) is 0 Å². The molecule has 0 saturated carbocycles. The normalized spacial score (nSPS) is 12.3. The maximum atomic E-state index is 12.6. The molecule has 0 aliphatic carbocycles. The van der Waals surface area contributed by atoms with Gasteiger partial charge in [0.25, 0.3) is 5.91 Å². The highest BCUT2D eigenvalue weighted by Crippen LogP contribution is 2.28. The second-order valence-corrected chi connectivity index (χ2v) is 5.67. The van der Waals surface area contributed by atoms with Crippen molar-refractivity contribution in [2.75, 3.05) is 7.05 Å². The maximum absolute atomic E-state index is 12.6. The van der Waals surface area contributed by atoms with Crippen molar-refractivity contribution in [1.29, 1.82) is 0 Å². The first-order valence-electron chi connectivity index (χ1n) is 7.08. The third-order valence-corrected chi connectivity index (χ3v) is 4.19. The van der Waals surface area contributed by atoms with Crippen LogP contribution in [0.25, 0.3) is 11.0 Å². The van der Waals surface area contributed by atoms with Crippen molar-refractivity contribution in [3.63, 3.8) is 0 Å². The minimum atomic E-state index is -0.184. The standard InChI is InChI=1S/C18H16ClNO2/c1-12(17-11-13-7-3-6-10-16(13)22-17)20(2)18(21)14-8-4-5-9-15(14)19/h3-12H,1-2H3. The number of hydrogen-bond donors (Lipinski definition) is 0. The van der Waals surface area contributed by atoms with Crippen LogP contribution in [-0.4, -0.2) is 17.9 Å². The van der Waals surface area contributed by atoms with Gasteiger partial charge in [0.1, 0.15) is 11.3 Å². The number of carbonyl (C=O) groups is 1. The Bertz CT molecular complexity index is 792. The molecule has 0 bridgehead atoms. The van der Waals surface area contributed by atoms with Crippen molar-refractivity contribution >= 4 is 28.5 Å². The number of rotatable bonds is 3. The summed E-state index contributed by atoms with van der Waals surface area (Å²) < 4.78 is 5.84. The highest BCUT2D eigenvalue weighted by Gasteiger charge is 2.23. The zero-order chi connectivity index (χ0) is 15.7. The summed E-state index contributed by atoms with van der Waals surface area (Å²) in [5, 5.41) is 1.49. The highest BCUT2D eigenvalue weighted by atomic mass is 35.5. The van der Waals surface area contributed by atoms with E-state index in [0.717, 1.165) is 16.7 Å². The number of nitrogens with zero attached hydrogens (tertiary/aromatic N) is 1. The van der Waals surface area contributed by atoms with Crippen molar-refractivity contribution in [2.24, 2.45) is 0 Å². The molecule has 4 heteroatoms. The first-order chi connectivity index (χ1) is 10.6. The van der Waals surface area contributed by atoms with E-state index in [9.17, 15) is 4.79 Å². The number of para-hydroxylation sites is 1. The molecule has 2 aromatic carbocycles. The molecule has 1 unspecified atom stereocenters. The number of hydrogen-bond acceptors (Lipinski definition) is 2. The van der Waals surface area contributed by atoms with Crippen LogP contribution in [0.5, 0.6) is 0 Å². The molecule has 0 aliphatic rings. The largest absolute Gasteiger partial charge is 0.459 e. The van der Waals surface area contributed by atoms with Gasteiger partial charge in [-0.25, -0.2) is 0 Å². The van der Waals surface area contributed by atoms with Crippen LogP contribution < -0.4 is 0 Å². The second-order valence-electron chi connectivity index (χ2n) is 5.26. The summed E-state index contributed by atoms with van der Waals surface area (Å²) in [6.07, 6.45) is 0. The van der Waals surface area contributed by atoms with Crippen molar-refractivity contribution in [3.8, 4) is 0 Å². The molecule has 3 aromatic rings. The molecule has 3 rings (SSSR count). The van der Waals surface area contributed by atoms with E-state index in [1.165, 1.54) is 0 Å². The summed E-state index contributed by atoms with van der Waals surface area (Å²) >= 11 is 6.11. The molecule has 0 fully saturated rings. The number of furan rings is 1. The Morgan fingerprint density at radius 1 is 1.14 bits per heavy atom. The number of benzene rings is 2. The molecule has 1 heterocycles. The minimum Gasteiger partial charge on any atom is -0.459 e. The van der Waals surface area contributed by atoms with Crippen LogP contribution in [0.1, 0.15) is 29.1 Å². The van der Waals surface area contributed by atoms with Crippen LogP contribution >= 0.6 is 11.6 Å². The number of carbonyl (C=O) groups excluding carboxylic acids is 1. The number of halogens is 1. The summed E-state index contributed by atoms with van der Waals surface area (Å²) in [5.74, 6) is 0.627. The summed E-state index contributed by atoms with van der Waals surface area (Å²) in [4.78, 5) is 14.2. The van der Waals surface area contributed by atoms with Gasteiger partial charge in [-0.1, -0.05) is 41.9 Å². The lowest BCUT2D eigenvalue weighted by Gasteiger charge is -2.23.